The van der Waals surface area contributed by atoms with Crippen LogP contribution >= 0.6 is 34.8 Å². The molecule has 0 aliphatic rings. The van der Waals surface area contributed by atoms with Gasteiger partial charge in [-0.3, -0.25) is 10.1 Å². The van der Waals surface area contributed by atoms with Crippen molar-refractivity contribution in [3.63, 3.8) is 0 Å². The SMILES string of the molecule is O=[N+]([O-])c1c(NCc2ccc(Cl)cc2)ncnc1Nc1cccc(Cl)c1Cl. The minimum atomic E-state index is -0.565. The quantitative estimate of drug-likeness (QED) is 0.389. The third-order valence-corrected chi connectivity index (χ3v) is 4.65. The summed E-state index contributed by atoms with van der Waals surface area (Å²) < 4.78 is 0. The summed E-state index contributed by atoms with van der Waals surface area (Å²) in [5, 5.41) is 18.6. The van der Waals surface area contributed by atoms with Crippen LogP contribution in [0.2, 0.25) is 15.1 Å². The summed E-state index contributed by atoms with van der Waals surface area (Å²) in [7, 11) is 0. The van der Waals surface area contributed by atoms with Gasteiger partial charge in [-0.1, -0.05) is 53.0 Å². The molecule has 0 bridgehead atoms. The van der Waals surface area contributed by atoms with Gasteiger partial charge in [-0.15, -0.1) is 0 Å². The molecule has 0 aliphatic heterocycles. The first kappa shape index (κ1) is 19.2. The number of hydrogen-bond acceptors (Lipinski definition) is 6. The van der Waals surface area contributed by atoms with Crippen LogP contribution in [-0.4, -0.2) is 14.9 Å². The zero-order chi connectivity index (χ0) is 19.4. The number of benzene rings is 2. The van der Waals surface area contributed by atoms with Gasteiger partial charge in [-0.2, -0.15) is 0 Å². The van der Waals surface area contributed by atoms with E-state index < -0.39 is 4.92 Å². The maximum absolute atomic E-state index is 11.6. The molecule has 138 valence electrons. The fourth-order valence-corrected chi connectivity index (χ4v) is 2.76. The van der Waals surface area contributed by atoms with Crippen molar-refractivity contribution in [3.8, 4) is 0 Å². The summed E-state index contributed by atoms with van der Waals surface area (Å²) in [6.07, 6.45) is 1.22. The van der Waals surface area contributed by atoms with Crippen LogP contribution in [-0.2, 0) is 6.54 Å². The van der Waals surface area contributed by atoms with Crippen molar-refractivity contribution in [1.29, 1.82) is 0 Å². The molecule has 7 nitrogen and oxygen atoms in total. The lowest BCUT2D eigenvalue weighted by molar-refractivity contribution is -0.383. The van der Waals surface area contributed by atoms with Gasteiger partial charge >= 0.3 is 5.69 Å². The molecule has 0 saturated carbocycles. The summed E-state index contributed by atoms with van der Waals surface area (Å²) in [5.74, 6) is 0.0726. The van der Waals surface area contributed by atoms with Crippen LogP contribution in [0.3, 0.4) is 0 Å². The topological polar surface area (TPSA) is 93.0 Å². The van der Waals surface area contributed by atoms with Crippen LogP contribution in [0.5, 0.6) is 0 Å². The van der Waals surface area contributed by atoms with E-state index >= 15 is 0 Å². The first-order chi connectivity index (χ1) is 13.0. The Morgan fingerprint density at radius 2 is 1.70 bits per heavy atom. The van der Waals surface area contributed by atoms with Gasteiger partial charge in [0.25, 0.3) is 0 Å². The van der Waals surface area contributed by atoms with Crippen molar-refractivity contribution in [2.24, 2.45) is 0 Å². The van der Waals surface area contributed by atoms with Crippen LogP contribution in [0.15, 0.2) is 48.8 Å². The molecule has 0 radical (unpaired) electrons. The Labute approximate surface area is 169 Å². The number of nitro groups is 1. The van der Waals surface area contributed by atoms with Gasteiger partial charge in [0.15, 0.2) is 0 Å². The highest BCUT2D eigenvalue weighted by Crippen LogP contribution is 2.36. The molecule has 0 unspecified atom stereocenters. The fourth-order valence-electron chi connectivity index (χ4n) is 2.29. The van der Waals surface area contributed by atoms with E-state index in [2.05, 4.69) is 20.6 Å². The second kappa shape index (κ2) is 8.39. The van der Waals surface area contributed by atoms with Crippen molar-refractivity contribution in [3.05, 3.63) is 79.5 Å². The first-order valence-electron chi connectivity index (χ1n) is 7.64. The average molecular weight is 425 g/mol. The predicted octanol–water partition coefficient (Wildman–Crippen LogP) is 5.70. The number of rotatable bonds is 6. The van der Waals surface area contributed by atoms with Crippen molar-refractivity contribution >= 4 is 57.8 Å². The molecule has 1 aromatic heterocycles. The molecule has 10 heteroatoms. The first-order valence-corrected chi connectivity index (χ1v) is 8.78. The van der Waals surface area contributed by atoms with Crippen LogP contribution in [0.4, 0.5) is 23.0 Å². The van der Waals surface area contributed by atoms with Crippen molar-refractivity contribution in [1.82, 2.24) is 9.97 Å². The third kappa shape index (κ3) is 4.57. The predicted molar refractivity (Wildman–Crippen MR) is 107 cm³/mol. The van der Waals surface area contributed by atoms with E-state index in [9.17, 15) is 10.1 Å². The molecule has 0 aliphatic carbocycles. The second-order valence-corrected chi connectivity index (χ2v) is 6.60. The molecule has 3 aromatic rings. The maximum Gasteiger partial charge on any atom is 0.353 e. The fraction of sp³-hybridized carbons (Fsp3) is 0.0588. The Morgan fingerprint density at radius 1 is 1.00 bits per heavy atom. The molecule has 2 N–H and O–H groups in total. The lowest BCUT2D eigenvalue weighted by atomic mass is 10.2. The molecule has 27 heavy (non-hydrogen) atoms. The van der Waals surface area contributed by atoms with Crippen LogP contribution in [0.25, 0.3) is 0 Å². The van der Waals surface area contributed by atoms with E-state index in [4.69, 9.17) is 34.8 Å². The van der Waals surface area contributed by atoms with E-state index in [1.807, 2.05) is 12.1 Å². The highest BCUT2D eigenvalue weighted by Gasteiger charge is 2.23. The third-order valence-electron chi connectivity index (χ3n) is 3.58. The zero-order valence-electron chi connectivity index (χ0n) is 13.6. The minimum absolute atomic E-state index is 0.00206. The molecular formula is C17H12Cl3N5O2. The number of nitrogens with zero attached hydrogens (tertiary/aromatic N) is 3. The number of halogens is 3. The molecule has 3 rings (SSSR count). The lowest BCUT2D eigenvalue weighted by Crippen LogP contribution is -2.08. The Kier molecular flexibility index (Phi) is 5.95. The van der Waals surface area contributed by atoms with E-state index in [1.165, 1.54) is 6.33 Å². The van der Waals surface area contributed by atoms with E-state index in [0.717, 1.165) is 5.56 Å². The van der Waals surface area contributed by atoms with Crippen LogP contribution < -0.4 is 10.6 Å². The zero-order valence-corrected chi connectivity index (χ0v) is 15.9. The highest BCUT2D eigenvalue weighted by atomic mass is 35.5. The van der Waals surface area contributed by atoms with Gasteiger partial charge in [0, 0.05) is 11.6 Å². The highest BCUT2D eigenvalue weighted by molar-refractivity contribution is 6.43. The summed E-state index contributed by atoms with van der Waals surface area (Å²) in [5.41, 5.74) is 0.983. The molecular weight excluding hydrogens is 413 g/mol. The van der Waals surface area contributed by atoms with Gasteiger partial charge in [0.1, 0.15) is 6.33 Å². The molecule has 0 atom stereocenters. The van der Waals surface area contributed by atoms with Gasteiger partial charge in [0.05, 0.1) is 20.7 Å². The van der Waals surface area contributed by atoms with Crippen molar-refractivity contribution in [2.45, 2.75) is 6.54 Å². The maximum atomic E-state index is 11.6. The van der Waals surface area contributed by atoms with Crippen LogP contribution in [0.1, 0.15) is 5.56 Å². The van der Waals surface area contributed by atoms with Gasteiger partial charge in [-0.25, -0.2) is 9.97 Å². The Morgan fingerprint density at radius 3 is 2.41 bits per heavy atom. The second-order valence-electron chi connectivity index (χ2n) is 5.38. The number of hydrogen-bond donors (Lipinski definition) is 2. The Bertz CT molecular complexity index is 983. The minimum Gasteiger partial charge on any atom is -0.360 e. The molecule has 0 amide bonds. The molecule has 0 saturated heterocycles. The number of nitrogens with one attached hydrogen (secondary N) is 2. The Hall–Kier alpha value is -2.61. The van der Waals surface area contributed by atoms with E-state index in [1.54, 1.807) is 30.3 Å². The van der Waals surface area contributed by atoms with Gasteiger partial charge in [-0.05, 0) is 29.8 Å². The lowest BCUT2D eigenvalue weighted by Gasteiger charge is -2.11. The molecule has 0 spiro atoms. The summed E-state index contributed by atoms with van der Waals surface area (Å²) in [6.45, 7) is 0.326. The van der Waals surface area contributed by atoms with E-state index in [-0.39, 0.29) is 22.3 Å². The van der Waals surface area contributed by atoms with Crippen LogP contribution in [0, 0.1) is 10.1 Å². The number of aromatic nitrogens is 2. The van der Waals surface area contributed by atoms with Crippen molar-refractivity contribution in [2.75, 3.05) is 10.6 Å². The standard InChI is InChI=1S/C17H12Cl3N5O2/c18-11-6-4-10(5-7-11)8-21-16-15(25(26)27)17(23-9-22-16)24-13-3-1-2-12(19)14(13)20/h1-7,9H,8H2,(H2,21,22,23,24). The average Bonchev–Trinajstić information content (AvgIpc) is 2.65. The molecule has 0 fully saturated rings. The Balaban J connectivity index is 1.89. The van der Waals surface area contributed by atoms with Gasteiger partial charge < -0.3 is 10.6 Å². The smallest absolute Gasteiger partial charge is 0.353 e. The summed E-state index contributed by atoms with van der Waals surface area (Å²) in [6, 6.07) is 12.0. The summed E-state index contributed by atoms with van der Waals surface area (Å²) in [4.78, 5) is 19.0. The summed E-state index contributed by atoms with van der Waals surface area (Å²) >= 11 is 18.0. The monoisotopic (exact) mass is 423 g/mol. The normalized spacial score (nSPS) is 10.5. The van der Waals surface area contributed by atoms with Crippen molar-refractivity contribution < 1.29 is 4.92 Å². The van der Waals surface area contributed by atoms with Gasteiger partial charge in [0.2, 0.25) is 11.6 Å². The molecule has 1 heterocycles. The number of anilines is 3. The molecule has 2 aromatic carbocycles. The van der Waals surface area contributed by atoms with E-state index in [0.29, 0.717) is 22.3 Å². The largest absolute Gasteiger partial charge is 0.360 e.